The Labute approximate surface area is 99.2 Å². The van der Waals surface area contributed by atoms with Crippen LogP contribution >= 0.6 is 31.9 Å². The second-order valence-corrected chi connectivity index (χ2v) is 4.53. The van der Waals surface area contributed by atoms with E-state index in [0.29, 0.717) is 16.2 Å². The Morgan fingerprint density at radius 3 is 2.64 bits per heavy atom. The second kappa shape index (κ2) is 5.47. The smallest absolute Gasteiger partial charge is 0.124 e. The van der Waals surface area contributed by atoms with Crippen molar-refractivity contribution in [3.63, 3.8) is 0 Å². The fraction of sp³-hybridized carbons (Fsp3) is 0.300. The van der Waals surface area contributed by atoms with Crippen LogP contribution in [0.1, 0.15) is 5.56 Å². The van der Waals surface area contributed by atoms with Crippen molar-refractivity contribution in [3.05, 3.63) is 34.1 Å². The minimum Gasteiger partial charge on any atom is -0.207 e. The molecule has 1 unspecified atom stereocenters. The quantitative estimate of drug-likeness (QED) is 0.780. The number of alkyl halides is 1. The second-order valence-electron chi connectivity index (χ2n) is 2.96. The number of benzene rings is 1. The van der Waals surface area contributed by atoms with Crippen LogP contribution in [0.25, 0.3) is 0 Å². The third-order valence-electron chi connectivity index (χ3n) is 1.77. The molecule has 0 bridgehead atoms. The number of rotatable bonds is 3. The molecule has 0 spiro atoms. The van der Waals surface area contributed by atoms with Gasteiger partial charge in [0.25, 0.3) is 0 Å². The van der Waals surface area contributed by atoms with Crippen molar-refractivity contribution in [2.75, 3.05) is 5.33 Å². The summed E-state index contributed by atoms with van der Waals surface area (Å²) in [5, 5.41) is 9.35. The van der Waals surface area contributed by atoms with E-state index in [1.54, 1.807) is 0 Å². The summed E-state index contributed by atoms with van der Waals surface area (Å²) in [7, 11) is 0. The van der Waals surface area contributed by atoms with Crippen LogP contribution in [-0.2, 0) is 6.42 Å². The maximum atomic E-state index is 13.0. The SMILES string of the molecule is N#CC(CBr)Cc1cc(F)cc(Br)c1. The molecule has 1 aromatic rings. The third-order valence-corrected chi connectivity index (χ3v) is 3.01. The molecule has 1 aromatic carbocycles. The molecular formula is C10H8Br2FN. The molecule has 1 rings (SSSR count). The van der Waals surface area contributed by atoms with Crippen LogP contribution in [-0.4, -0.2) is 5.33 Å². The highest BCUT2D eigenvalue weighted by Gasteiger charge is 2.08. The van der Waals surface area contributed by atoms with Gasteiger partial charge in [-0.1, -0.05) is 31.9 Å². The van der Waals surface area contributed by atoms with Gasteiger partial charge < -0.3 is 0 Å². The van der Waals surface area contributed by atoms with Crippen LogP contribution in [0, 0.1) is 23.1 Å². The van der Waals surface area contributed by atoms with Crippen molar-refractivity contribution >= 4 is 31.9 Å². The van der Waals surface area contributed by atoms with Gasteiger partial charge in [-0.15, -0.1) is 0 Å². The molecule has 0 fully saturated rings. The Morgan fingerprint density at radius 1 is 1.43 bits per heavy atom. The van der Waals surface area contributed by atoms with Crippen LogP contribution in [0.3, 0.4) is 0 Å². The maximum absolute atomic E-state index is 13.0. The Hall–Kier alpha value is -0.400. The van der Waals surface area contributed by atoms with Crippen molar-refractivity contribution in [1.82, 2.24) is 0 Å². The van der Waals surface area contributed by atoms with E-state index >= 15 is 0 Å². The van der Waals surface area contributed by atoms with Crippen molar-refractivity contribution in [3.8, 4) is 6.07 Å². The molecule has 74 valence electrons. The summed E-state index contributed by atoms with van der Waals surface area (Å²) >= 11 is 6.45. The maximum Gasteiger partial charge on any atom is 0.124 e. The molecule has 0 saturated heterocycles. The monoisotopic (exact) mass is 319 g/mol. The normalized spacial score (nSPS) is 12.1. The number of nitriles is 1. The van der Waals surface area contributed by atoms with E-state index in [0.717, 1.165) is 5.56 Å². The molecule has 0 N–H and O–H groups in total. The van der Waals surface area contributed by atoms with Crippen LogP contribution in [0.4, 0.5) is 4.39 Å². The number of halogens is 3. The molecule has 0 aromatic heterocycles. The van der Waals surface area contributed by atoms with Gasteiger partial charge in [0.1, 0.15) is 5.82 Å². The lowest BCUT2D eigenvalue weighted by atomic mass is 10.0. The minimum absolute atomic E-state index is 0.108. The van der Waals surface area contributed by atoms with Gasteiger partial charge in [0.05, 0.1) is 12.0 Å². The Balaban J connectivity index is 2.82. The average Bonchev–Trinajstić information content (AvgIpc) is 2.12. The molecule has 0 radical (unpaired) electrons. The summed E-state index contributed by atoms with van der Waals surface area (Å²) in [6, 6.07) is 6.84. The number of hydrogen-bond acceptors (Lipinski definition) is 1. The van der Waals surface area contributed by atoms with Gasteiger partial charge in [-0.2, -0.15) is 5.26 Å². The standard InChI is InChI=1S/C10H8Br2FN/c11-5-8(6-14)1-7-2-9(12)4-10(13)3-7/h2-4,8H,1,5H2. The highest BCUT2D eigenvalue weighted by atomic mass is 79.9. The first kappa shape index (κ1) is 11.7. The predicted molar refractivity (Wildman–Crippen MR) is 60.7 cm³/mol. The highest BCUT2D eigenvalue weighted by Crippen LogP contribution is 2.18. The van der Waals surface area contributed by atoms with Crippen molar-refractivity contribution in [2.45, 2.75) is 6.42 Å². The zero-order valence-corrected chi connectivity index (χ0v) is 10.5. The van der Waals surface area contributed by atoms with E-state index in [-0.39, 0.29) is 11.7 Å². The fourth-order valence-electron chi connectivity index (χ4n) is 1.15. The zero-order chi connectivity index (χ0) is 10.6. The molecule has 4 heteroatoms. The molecule has 0 amide bonds. The van der Waals surface area contributed by atoms with E-state index in [4.69, 9.17) is 5.26 Å². The highest BCUT2D eigenvalue weighted by molar-refractivity contribution is 9.10. The summed E-state index contributed by atoms with van der Waals surface area (Å²) in [4.78, 5) is 0. The molecular weight excluding hydrogens is 313 g/mol. The first-order chi connectivity index (χ1) is 6.65. The van der Waals surface area contributed by atoms with Crippen molar-refractivity contribution < 1.29 is 4.39 Å². The largest absolute Gasteiger partial charge is 0.207 e. The Kier molecular flexibility index (Phi) is 4.56. The molecule has 0 aliphatic rings. The van der Waals surface area contributed by atoms with E-state index in [1.165, 1.54) is 12.1 Å². The molecule has 0 aliphatic heterocycles. The molecule has 1 atom stereocenters. The van der Waals surface area contributed by atoms with E-state index < -0.39 is 0 Å². The molecule has 0 aliphatic carbocycles. The Bertz CT molecular complexity index is 339. The van der Waals surface area contributed by atoms with E-state index in [2.05, 4.69) is 37.9 Å². The van der Waals surface area contributed by atoms with Gasteiger partial charge in [-0.05, 0) is 30.2 Å². The van der Waals surface area contributed by atoms with Crippen molar-refractivity contribution in [1.29, 1.82) is 5.26 Å². The van der Waals surface area contributed by atoms with E-state index in [9.17, 15) is 4.39 Å². The lowest BCUT2D eigenvalue weighted by molar-refractivity contribution is 0.622. The van der Waals surface area contributed by atoms with Gasteiger partial charge in [-0.25, -0.2) is 4.39 Å². The Morgan fingerprint density at radius 2 is 2.14 bits per heavy atom. The van der Waals surface area contributed by atoms with Crippen LogP contribution in [0.2, 0.25) is 0 Å². The first-order valence-corrected chi connectivity index (χ1v) is 5.97. The lowest BCUT2D eigenvalue weighted by Gasteiger charge is -2.05. The van der Waals surface area contributed by atoms with Crippen LogP contribution in [0.5, 0.6) is 0 Å². The van der Waals surface area contributed by atoms with Gasteiger partial charge in [0.15, 0.2) is 0 Å². The molecule has 14 heavy (non-hydrogen) atoms. The first-order valence-electron chi connectivity index (χ1n) is 4.06. The topological polar surface area (TPSA) is 23.8 Å². The average molecular weight is 321 g/mol. The fourth-order valence-corrected chi connectivity index (χ4v) is 2.03. The predicted octanol–water partition coefficient (Wildman–Crippen LogP) is 3.67. The van der Waals surface area contributed by atoms with Crippen molar-refractivity contribution in [2.24, 2.45) is 5.92 Å². The third kappa shape index (κ3) is 3.39. The van der Waals surface area contributed by atoms with E-state index in [1.807, 2.05) is 6.07 Å². The van der Waals surface area contributed by atoms with Gasteiger partial charge in [-0.3, -0.25) is 0 Å². The number of hydrogen-bond donors (Lipinski definition) is 0. The zero-order valence-electron chi connectivity index (χ0n) is 7.30. The summed E-state index contributed by atoms with van der Waals surface area (Å²) in [5.41, 5.74) is 0.836. The summed E-state index contributed by atoms with van der Waals surface area (Å²) in [6.07, 6.45) is 0.568. The molecule has 1 nitrogen and oxygen atoms in total. The van der Waals surface area contributed by atoms with Gasteiger partial charge >= 0.3 is 0 Å². The number of nitrogens with zero attached hydrogens (tertiary/aromatic N) is 1. The summed E-state index contributed by atoms with van der Waals surface area (Å²) in [5.74, 6) is -0.385. The molecule has 0 heterocycles. The van der Waals surface area contributed by atoms with Crippen LogP contribution < -0.4 is 0 Å². The molecule has 0 saturated carbocycles. The lowest BCUT2D eigenvalue weighted by Crippen LogP contribution is -2.03. The summed E-state index contributed by atoms with van der Waals surface area (Å²) < 4.78 is 13.7. The van der Waals surface area contributed by atoms with Gasteiger partial charge in [0.2, 0.25) is 0 Å². The minimum atomic E-state index is -0.277. The van der Waals surface area contributed by atoms with Gasteiger partial charge in [0, 0.05) is 9.80 Å². The van der Waals surface area contributed by atoms with Crippen LogP contribution in [0.15, 0.2) is 22.7 Å². The summed E-state index contributed by atoms with van der Waals surface area (Å²) in [6.45, 7) is 0.